The number of aromatic nitrogens is 1. The molecule has 0 fully saturated rings. The van der Waals surface area contributed by atoms with Gasteiger partial charge in [0, 0.05) is 17.1 Å². The first-order valence-electron chi connectivity index (χ1n) is 5.54. The fourth-order valence-corrected chi connectivity index (χ4v) is 1.87. The van der Waals surface area contributed by atoms with Gasteiger partial charge >= 0.3 is 0 Å². The van der Waals surface area contributed by atoms with Crippen molar-refractivity contribution in [3.05, 3.63) is 58.3 Å². The fraction of sp³-hybridized carbons (Fsp3) is 0.214. The van der Waals surface area contributed by atoms with Crippen LogP contribution in [-0.2, 0) is 6.42 Å². The minimum absolute atomic E-state index is 0.670. The van der Waals surface area contributed by atoms with E-state index in [9.17, 15) is 0 Å². The highest BCUT2D eigenvalue weighted by atomic mass is 79.9. The third-order valence-electron chi connectivity index (χ3n) is 2.50. The zero-order valence-electron chi connectivity index (χ0n) is 9.69. The SMILES string of the molecule is Cc1ncc(Br)cc1OCCc1ccccc1. The summed E-state index contributed by atoms with van der Waals surface area (Å²) >= 11 is 3.39. The minimum Gasteiger partial charge on any atom is -0.491 e. The van der Waals surface area contributed by atoms with E-state index in [-0.39, 0.29) is 0 Å². The number of nitrogens with zero attached hydrogens (tertiary/aromatic N) is 1. The van der Waals surface area contributed by atoms with Crippen LogP contribution in [0.3, 0.4) is 0 Å². The molecule has 0 aliphatic heterocycles. The van der Waals surface area contributed by atoms with Crippen LogP contribution < -0.4 is 4.74 Å². The molecule has 0 saturated carbocycles. The molecular formula is C14H14BrNO. The average Bonchev–Trinajstić information content (AvgIpc) is 2.35. The van der Waals surface area contributed by atoms with Crippen molar-refractivity contribution in [1.82, 2.24) is 4.98 Å². The Kier molecular flexibility index (Phi) is 4.15. The number of hydrogen-bond donors (Lipinski definition) is 0. The first-order valence-corrected chi connectivity index (χ1v) is 6.34. The van der Waals surface area contributed by atoms with Crippen molar-refractivity contribution in [3.8, 4) is 5.75 Å². The lowest BCUT2D eigenvalue weighted by Gasteiger charge is -2.08. The second kappa shape index (κ2) is 5.82. The molecule has 88 valence electrons. The van der Waals surface area contributed by atoms with E-state index in [2.05, 4.69) is 33.0 Å². The quantitative estimate of drug-likeness (QED) is 0.855. The van der Waals surface area contributed by atoms with Gasteiger partial charge in [-0.25, -0.2) is 0 Å². The van der Waals surface area contributed by atoms with Gasteiger partial charge in [-0.05, 0) is 34.5 Å². The van der Waals surface area contributed by atoms with Gasteiger partial charge in [-0.2, -0.15) is 0 Å². The molecule has 1 aromatic carbocycles. The van der Waals surface area contributed by atoms with E-state index in [1.165, 1.54) is 5.56 Å². The summed E-state index contributed by atoms with van der Waals surface area (Å²) in [5, 5.41) is 0. The normalized spacial score (nSPS) is 10.2. The summed E-state index contributed by atoms with van der Waals surface area (Å²) in [5.74, 6) is 0.843. The highest BCUT2D eigenvalue weighted by Gasteiger charge is 2.01. The van der Waals surface area contributed by atoms with Gasteiger partial charge < -0.3 is 4.74 Å². The lowest BCUT2D eigenvalue weighted by Crippen LogP contribution is -2.03. The van der Waals surface area contributed by atoms with E-state index in [1.807, 2.05) is 31.2 Å². The minimum atomic E-state index is 0.670. The first-order chi connectivity index (χ1) is 8.25. The van der Waals surface area contributed by atoms with Gasteiger partial charge in [0.1, 0.15) is 5.75 Å². The standard InChI is InChI=1S/C14H14BrNO/c1-11-14(9-13(15)10-16-11)17-8-7-12-5-3-2-4-6-12/h2-6,9-10H,7-8H2,1H3. The largest absolute Gasteiger partial charge is 0.491 e. The van der Waals surface area contributed by atoms with Crippen molar-refractivity contribution in [1.29, 1.82) is 0 Å². The molecule has 0 radical (unpaired) electrons. The number of halogens is 1. The summed E-state index contributed by atoms with van der Waals surface area (Å²) in [7, 11) is 0. The summed E-state index contributed by atoms with van der Waals surface area (Å²) in [5.41, 5.74) is 2.20. The van der Waals surface area contributed by atoms with Gasteiger partial charge in [0.15, 0.2) is 0 Å². The molecule has 3 heteroatoms. The molecule has 0 aliphatic carbocycles. The molecule has 17 heavy (non-hydrogen) atoms. The van der Waals surface area contributed by atoms with Gasteiger partial charge in [0.05, 0.1) is 12.3 Å². The maximum Gasteiger partial charge on any atom is 0.141 e. The molecule has 0 saturated heterocycles. The van der Waals surface area contributed by atoms with Crippen LogP contribution in [0.4, 0.5) is 0 Å². The van der Waals surface area contributed by atoms with Crippen LogP contribution in [0.2, 0.25) is 0 Å². The summed E-state index contributed by atoms with van der Waals surface area (Å²) < 4.78 is 6.67. The van der Waals surface area contributed by atoms with Crippen LogP contribution in [-0.4, -0.2) is 11.6 Å². The number of hydrogen-bond acceptors (Lipinski definition) is 2. The van der Waals surface area contributed by atoms with Gasteiger partial charge in [0.2, 0.25) is 0 Å². The van der Waals surface area contributed by atoms with Gasteiger partial charge in [-0.15, -0.1) is 0 Å². The van der Waals surface area contributed by atoms with Crippen LogP contribution in [0, 0.1) is 6.92 Å². The number of benzene rings is 1. The van der Waals surface area contributed by atoms with Gasteiger partial charge in [-0.3, -0.25) is 4.98 Å². The summed E-state index contributed by atoms with van der Waals surface area (Å²) in [4.78, 5) is 4.23. The lowest BCUT2D eigenvalue weighted by molar-refractivity contribution is 0.318. The van der Waals surface area contributed by atoms with Gasteiger partial charge in [-0.1, -0.05) is 30.3 Å². The van der Waals surface area contributed by atoms with Crippen LogP contribution in [0.25, 0.3) is 0 Å². The molecule has 0 N–H and O–H groups in total. The van der Waals surface area contributed by atoms with Crippen LogP contribution in [0.1, 0.15) is 11.3 Å². The molecule has 2 rings (SSSR count). The fourth-order valence-electron chi connectivity index (χ4n) is 1.56. The monoisotopic (exact) mass is 291 g/mol. The highest BCUT2D eigenvalue weighted by Crippen LogP contribution is 2.20. The molecule has 0 aliphatic rings. The van der Waals surface area contributed by atoms with Crippen LogP contribution in [0.15, 0.2) is 47.1 Å². The Labute approximate surface area is 110 Å². The Hall–Kier alpha value is -1.35. The smallest absolute Gasteiger partial charge is 0.141 e. The van der Waals surface area contributed by atoms with Crippen molar-refractivity contribution in [3.63, 3.8) is 0 Å². The predicted molar refractivity (Wildman–Crippen MR) is 72.3 cm³/mol. The van der Waals surface area contributed by atoms with Crippen molar-refractivity contribution in [2.75, 3.05) is 6.61 Å². The molecule has 1 heterocycles. The van der Waals surface area contributed by atoms with Crippen molar-refractivity contribution in [2.45, 2.75) is 13.3 Å². The third-order valence-corrected chi connectivity index (χ3v) is 2.93. The Morgan fingerprint density at radius 3 is 2.76 bits per heavy atom. The number of ether oxygens (including phenoxy) is 1. The number of rotatable bonds is 4. The maximum absolute atomic E-state index is 5.73. The Morgan fingerprint density at radius 1 is 1.24 bits per heavy atom. The van der Waals surface area contributed by atoms with E-state index in [0.717, 1.165) is 22.3 Å². The molecule has 0 unspecified atom stereocenters. The molecule has 1 aromatic heterocycles. The van der Waals surface area contributed by atoms with Crippen molar-refractivity contribution < 1.29 is 4.74 Å². The third kappa shape index (κ3) is 3.56. The molecule has 0 bridgehead atoms. The average molecular weight is 292 g/mol. The molecule has 2 aromatic rings. The highest BCUT2D eigenvalue weighted by molar-refractivity contribution is 9.10. The first kappa shape index (κ1) is 12.1. The second-order valence-corrected chi connectivity index (χ2v) is 4.74. The van der Waals surface area contributed by atoms with Crippen molar-refractivity contribution in [2.24, 2.45) is 0 Å². The number of pyridine rings is 1. The molecule has 0 amide bonds. The Bertz CT molecular complexity index is 485. The van der Waals surface area contributed by atoms with E-state index in [1.54, 1.807) is 6.20 Å². The van der Waals surface area contributed by atoms with E-state index in [4.69, 9.17) is 4.74 Å². The number of aryl methyl sites for hydroxylation is 1. The zero-order chi connectivity index (χ0) is 12.1. The Balaban J connectivity index is 1.92. The predicted octanol–water partition coefficient (Wildman–Crippen LogP) is 3.77. The molecule has 0 atom stereocenters. The Morgan fingerprint density at radius 2 is 2.00 bits per heavy atom. The summed E-state index contributed by atoms with van der Waals surface area (Å²) in [6, 6.07) is 12.3. The topological polar surface area (TPSA) is 22.1 Å². The van der Waals surface area contributed by atoms with E-state index >= 15 is 0 Å². The molecular weight excluding hydrogens is 278 g/mol. The summed E-state index contributed by atoms with van der Waals surface area (Å²) in [6.45, 7) is 2.62. The molecule has 2 nitrogen and oxygen atoms in total. The van der Waals surface area contributed by atoms with E-state index < -0.39 is 0 Å². The van der Waals surface area contributed by atoms with Crippen molar-refractivity contribution >= 4 is 15.9 Å². The maximum atomic E-state index is 5.73. The lowest BCUT2D eigenvalue weighted by atomic mass is 10.2. The van der Waals surface area contributed by atoms with Crippen LogP contribution in [0.5, 0.6) is 5.75 Å². The van der Waals surface area contributed by atoms with E-state index in [0.29, 0.717) is 6.61 Å². The second-order valence-electron chi connectivity index (χ2n) is 3.82. The van der Waals surface area contributed by atoms with Gasteiger partial charge in [0.25, 0.3) is 0 Å². The zero-order valence-corrected chi connectivity index (χ0v) is 11.3. The van der Waals surface area contributed by atoms with Crippen LogP contribution >= 0.6 is 15.9 Å². The summed E-state index contributed by atoms with van der Waals surface area (Å²) in [6.07, 6.45) is 2.69. The molecule has 0 spiro atoms.